The van der Waals surface area contributed by atoms with E-state index in [9.17, 15) is 19.2 Å². The molecule has 0 bridgehead atoms. The molecule has 2 saturated heterocycles. The molecule has 6 rings (SSSR count). The molecule has 4 N–H and O–H groups in total. The van der Waals surface area contributed by atoms with Crippen LogP contribution in [0.2, 0.25) is 10.0 Å². The first-order valence-electron chi connectivity index (χ1n) is 15.1. The van der Waals surface area contributed by atoms with Gasteiger partial charge in [-0.3, -0.25) is 19.4 Å². The number of halogens is 2. The van der Waals surface area contributed by atoms with Gasteiger partial charge in [0.25, 0.3) is 0 Å². The molecule has 0 aliphatic carbocycles. The van der Waals surface area contributed by atoms with Gasteiger partial charge in [0.15, 0.2) is 5.13 Å². The molecule has 3 aromatic carbocycles. The minimum Gasteiger partial charge on any atom is -0.375 e. The quantitative estimate of drug-likeness (QED) is 0.154. The summed E-state index contributed by atoms with van der Waals surface area (Å²) in [5.41, 5.74) is 9.71. The number of nitrogens with one attached hydrogen (secondary N) is 2. The van der Waals surface area contributed by atoms with Gasteiger partial charge in [-0.15, -0.1) is 6.58 Å². The van der Waals surface area contributed by atoms with Crippen molar-refractivity contribution >= 4 is 79.8 Å². The molecule has 0 unspecified atom stereocenters. The van der Waals surface area contributed by atoms with E-state index in [0.717, 1.165) is 26.9 Å². The summed E-state index contributed by atoms with van der Waals surface area (Å²) in [5, 5.41) is 9.85. The Bertz CT molecular complexity index is 1890. The molecule has 248 valence electrons. The first-order chi connectivity index (χ1) is 23.2. The van der Waals surface area contributed by atoms with Crippen molar-refractivity contribution in [2.24, 2.45) is 0 Å². The molecule has 2 fully saturated rings. The summed E-state index contributed by atoms with van der Waals surface area (Å²) in [5.74, 6) is -0.506. The predicted molar refractivity (Wildman–Crippen MR) is 186 cm³/mol. The number of nitrogens with zero attached hydrogens (tertiary/aromatic N) is 5. The number of thiazole rings is 1. The summed E-state index contributed by atoms with van der Waals surface area (Å²) in [6.07, 6.45) is 1.75. The molecule has 48 heavy (non-hydrogen) atoms. The van der Waals surface area contributed by atoms with E-state index in [1.165, 1.54) is 16.3 Å². The molecule has 0 radical (unpaired) electrons. The van der Waals surface area contributed by atoms with Gasteiger partial charge in [-0.1, -0.05) is 70.9 Å². The number of fused-ring (bicyclic) bond motifs is 2. The van der Waals surface area contributed by atoms with Gasteiger partial charge in [0.1, 0.15) is 12.2 Å². The van der Waals surface area contributed by atoms with E-state index in [1.807, 2.05) is 30.3 Å². The summed E-state index contributed by atoms with van der Waals surface area (Å²) in [6, 6.07) is 16.6. The Kier molecular flexibility index (Phi) is 9.83. The number of carbonyl (C=O) groups is 4. The topological polar surface area (TPSA) is 144 Å². The van der Waals surface area contributed by atoms with Crippen molar-refractivity contribution in [1.82, 2.24) is 30.1 Å². The number of benzene rings is 3. The fourth-order valence-electron chi connectivity index (χ4n) is 6.12. The number of nitrogen functional groups attached to an aromatic ring is 1. The number of hydrazine groups is 1. The average Bonchev–Trinajstić information content (AvgIpc) is 3.62. The van der Waals surface area contributed by atoms with E-state index in [2.05, 4.69) is 22.2 Å². The van der Waals surface area contributed by atoms with Crippen LogP contribution in [0.3, 0.4) is 0 Å². The molecular formula is C33H32Cl2N8O4S. The maximum Gasteiger partial charge on any atom is 0.332 e. The van der Waals surface area contributed by atoms with Crippen molar-refractivity contribution in [3.8, 4) is 0 Å². The van der Waals surface area contributed by atoms with E-state index in [1.54, 1.807) is 51.2 Å². The van der Waals surface area contributed by atoms with Crippen LogP contribution in [0.15, 0.2) is 73.3 Å². The summed E-state index contributed by atoms with van der Waals surface area (Å²) in [7, 11) is 0. The summed E-state index contributed by atoms with van der Waals surface area (Å²) in [4.78, 5) is 60.4. The van der Waals surface area contributed by atoms with Crippen molar-refractivity contribution in [2.75, 3.05) is 30.7 Å². The highest BCUT2D eigenvalue weighted by Gasteiger charge is 2.52. The minimum atomic E-state index is -0.851. The van der Waals surface area contributed by atoms with Crippen molar-refractivity contribution in [2.45, 2.75) is 31.7 Å². The third-order valence-electron chi connectivity index (χ3n) is 8.33. The largest absolute Gasteiger partial charge is 0.375 e. The first-order valence-corrected chi connectivity index (χ1v) is 16.6. The van der Waals surface area contributed by atoms with Crippen LogP contribution >= 0.6 is 34.5 Å². The van der Waals surface area contributed by atoms with Gasteiger partial charge in [0, 0.05) is 25.2 Å². The zero-order valence-electron chi connectivity index (χ0n) is 25.6. The highest BCUT2D eigenvalue weighted by atomic mass is 35.5. The molecule has 2 aliphatic rings. The van der Waals surface area contributed by atoms with E-state index < -0.39 is 18.2 Å². The third-order valence-corrected chi connectivity index (χ3v) is 9.92. The van der Waals surface area contributed by atoms with Crippen LogP contribution in [0.5, 0.6) is 0 Å². The van der Waals surface area contributed by atoms with Crippen LogP contribution < -0.4 is 16.4 Å². The Morgan fingerprint density at radius 3 is 2.60 bits per heavy atom. The highest BCUT2D eigenvalue weighted by Crippen LogP contribution is 2.33. The minimum absolute atomic E-state index is 0.114. The number of piperazine rings is 1. The van der Waals surface area contributed by atoms with Crippen LogP contribution in [-0.4, -0.2) is 80.9 Å². The molecule has 2 aliphatic heterocycles. The van der Waals surface area contributed by atoms with Gasteiger partial charge in [-0.25, -0.2) is 9.78 Å². The van der Waals surface area contributed by atoms with Crippen molar-refractivity contribution < 1.29 is 19.2 Å². The lowest BCUT2D eigenvalue weighted by atomic mass is 9.99. The number of amides is 5. The Hall–Kier alpha value is -4.69. The number of aromatic nitrogens is 1. The molecule has 15 heteroatoms. The number of urea groups is 1. The van der Waals surface area contributed by atoms with Gasteiger partial charge >= 0.3 is 6.03 Å². The van der Waals surface area contributed by atoms with Gasteiger partial charge < -0.3 is 26.2 Å². The van der Waals surface area contributed by atoms with Gasteiger partial charge in [-0.05, 0) is 47.0 Å². The van der Waals surface area contributed by atoms with Crippen molar-refractivity contribution in [3.63, 3.8) is 0 Å². The highest BCUT2D eigenvalue weighted by molar-refractivity contribution is 7.22. The zero-order chi connectivity index (χ0) is 33.9. The Morgan fingerprint density at radius 1 is 1.10 bits per heavy atom. The summed E-state index contributed by atoms with van der Waals surface area (Å²) in [6.45, 7) is 4.38. The first kappa shape index (κ1) is 33.2. The third kappa shape index (κ3) is 6.81. The van der Waals surface area contributed by atoms with E-state index in [0.29, 0.717) is 27.3 Å². The van der Waals surface area contributed by atoms with Crippen LogP contribution in [0, 0.1) is 0 Å². The normalized spacial score (nSPS) is 17.8. The van der Waals surface area contributed by atoms with E-state index >= 15 is 0 Å². The fraction of sp³-hybridized carbons (Fsp3) is 0.242. The lowest BCUT2D eigenvalue weighted by molar-refractivity contribution is -0.157. The molecule has 0 saturated carbocycles. The Labute approximate surface area is 290 Å². The van der Waals surface area contributed by atoms with Gasteiger partial charge in [0.2, 0.25) is 18.2 Å². The van der Waals surface area contributed by atoms with Crippen LogP contribution in [0.4, 0.5) is 15.6 Å². The Morgan fingerprint density at radius 2 is 1.88 bits per heavy atom. The predicted octanol–water partition coefficient (Wildman–Crippen LogP) is 4.49. The maximum absolute atomic E-state index is 14.3. The molecule has 5 amide bonds. The fourth-order valence-corrected chi connectivity index (χ4v) is 7.22. The lowest BCUT2D eigenvalue weighted by Gasteiger charge is -2.46. The summed E-state index contributed by atoms with van der Waals surface area (Å²) >= 11 is 13.6. The number of nitrogens with two attached hydrogens (primary N) is 1. The number of hydrogen-bond acceptors (Lipinski definition) is 8. The van der Waals surface area contributed by atoms with Gasteiger partial charge in [0.05, 0.1) is 39.9 Å². The standard InChI is InChI=1S/C33H32Cl2N8O4S/c1-2-12-41(33(47)37-15-21-8-11-24(34)25(35)13-21)42-18-29(45)43-26(14-20-6-9-23(10-7-20)38-19-44)31(46)40(17-28(42)43)16-22-4-3-5-27-30(22)39-32(36)48-27/h2-11,13,19,26,28H,1,12,14-18H2,(H2,36,39)(H,37,47)(H,38,44)/t26-,28+/m0/s1. The molecular weight excluding hydrogens is 675 g/mol. The second-order valence-corrected chi connectivity index (χ2v) is 13.2. The summed E-state index contributed by atoms with van der Waals surface area (Å²) < 4.78 is 0.908. The zero-order valence-corrected chi connectivity index (χ0v) is 28.0. The number of para-hydroxylation sites is 1. The molecule has 3 heterocycles. The molecule has 1 aromatic heterocycles. The van der Waals surface area contributed by atoms with E-state index in [4.69, 9.17) is 28.9 Å². The number of rotatable bonds is 11. The number of hydrogen-bond donors (Lipinski definition) is 3. The lowest BCUT2D eigenvalue weighted by Crippen LogP contribution is -2.66. The van der Waals surface area contributed by atoms with Crippen molar-refractivity contribution in [1.29, 1.82) is 0 Å². The monoisotopic (exact) mass is 706 g/mol. The van der Waals surface area contributed by atoms with Crippen LogP contribution in [-0.2, 0) is 33.9 Å². The average molecular weight is 708 g/mol. The van der Waals surface area contributed by atoms with Gasteiger partial charge in [-0.2, -0.15) is 5.01 Å². The maximum atomic E-state index is 14.3. The van der Waals surface area contributed by atoms with Crippen molar-refractivity contribution in [3.05, 3.63) is 100 Å². The molecule has 4 aromatic rings. The van der Waals surface area contributed by atoms with Crippen LogP contribution in [0.25, 0.3) is 10.2 Å². The SMILES string of the molecule is C=CCN(C(=O)NCc1ccc(Cl)c(Cl)c1)N1CC(=O)N2[C@@H](Cc3ccc(NC=O)cc3)C(=O)N(Cc3cccc4sc(N)nc34)C[C@@H]21. The number of carbonyl (C=O) groups excluding carboxylic acids is 4. The molecule has 2 atom stereocenters. The smallest absolute Gasteiger partial charge is 0.332 e. The second kappa shape index (κ2) is 14.2. The van der Waals surface area contributed by atoms with E-state index in [-0.39, 0.29) is 51.0 Å². The number of anilines is 2. The van der Waals surface area contributed by atoms with Crippen LogP contribution in [0.1, 0.15) is 16.7 Å². The Balaban J connectivity index is 1.30. The molecule has 0 spiro atoms. The molecule has 12 nitrogen and oxygen atoms in total. The second-order valence-electron chi connectivity index (χ2n) is 11.4.